The predicted molar refractivity (Wildman–Crippen MR) is 135 cm³/mol. The number of benzene rings is 1. The van der Waals surface area contributed by atoms with E-state index in [1.807, 2.05) is 11.5 Å². The SMILES string of the molecule is CCNC(=S)N(Cc1cnc(S(=O)(=O)Cc2cccc(Cl)c2)n1CC(C)C)C[C@@H]1CCCO1. The lowest BCUT2D eigenvalue weighted by Gasteiger charge is -2.28. The number of imidazole rings is 1. The molecule has 1 aliphatic rings. The lowest BCUT2D eigenvalue weighted by atomic mass is 10.2. The molecule has 1 aromatic carbocycles. The average molecular weight is 513 g/mol. The smallest absolute Gasteiger partial charge is 0.228 e. The first-order valence-corrected chi connectivity index (χ1v) is 13.8. The van der Waals surface area contributed by atoms with Crippen molar-refractivity contribution in [3.8, 4) is 0 Å². The number of halogens is 1. The largest absolute Gasteiger partial charge is 0.376 e. The van der Waals surface area contributed by atoms with E-state index in [1.165, 1.54) is 0 Å². The lowest BCUT2D eigenvalue weighted by molar-refractivity contribution is 0.0892. The Labute approximate surface area is 207 Å². The van der Waals surface area contributed by atoms with Gasteiger partial charge >= 0.3 is 0 Å². The fraction of sp³-hybridized carbons (Fsp3) is 0.565. The Hall–Kier alpha value is -1.68. The van der Waals surface area contributed by atoms with Gasteiger partial charge in [0, 0.05) is 31.3 Å². The molecule has 1 fully saturated rings. The molecule has 0 saturated carbocycles. The van der Waals surface area contributed by atoms with Crippen LogP contribution in [-0.2, 0) is 33.4 Å². The van der Waals surface area contributed by atoms with Crippen LogP contribution in [-0.4, -0.2) is 53.8 Å². The van der Waals surface area contributed by atoms with Gasteiger partial charge in [-0.15, -0.1) is 0 Å². The number of aromatic nitrogens is 2. The first-order valence-electron chi connectivity index (χ1n) is 11.4. The minimum atomic E-state index is -3.67. The molecule has 182 valence electrons. The Morgan fingerprint density at radius 3 is 2.85 bits per heavy atom. The minimum Gasteiger partial charge on any atom is -0.376 e. The van der Waals surface area contributed by atoms with Crippen molar-refractivity contribution in [2.45, 2.75) is 63.7 Å². The van der Waals surface area contributed by atoms with Crippen molar-refractivity contribution in [1.82, 2.24) is 19.8 Å². The predicted octanol–water partition coefficient (Wildman–Crippen LogP) is 4.04. The van der Waals surface area contributed by atoms with E-state index in [0.29, 0.717) is 41.9 Å². The van der Waals surface area contributed by atoms with Crippen LogP contribution in [0.1, 0.15) is 44.9 Å². The summed E-state index contributed by atoms with van der Waals surface area (Å²) in [5.41, 5.74) is 1.45. The van der Waals surface area contributed by atoms with Crippen LogP contribution in [0.15, 0.2) is 35.6 Å². The summed E-state index contributed by atoms with van der Waals surface area (Å²) in [4.78, 5) is 6.42. The van der Waals surface area contributed by atoms with Crippen molar-refractivity contribution < 1.29 is 13.2 Å². The molecule has 1 aromatic heterocycles. The van der Waals surface area contributed by atoms with Crippen molar-refractivity contribution >= 4 is 38.8 Å². The van der Waals surface area contributed by atoms with Crippen LogP contribution in [0.4, 0.5) is 0 Å². The van der Waals surface area contributed by atoms with Crippen molar-refractivity contribution in [1.29, 1.82) is 0 Å². The summed E-state index contributed by atoms with van der Waals surface area (Å²) in [7, 11) is -3.67. The summed E-state index contributed by atoms with van der Waals surface area (Å²) in [6.45, 7) is 9.26. The molecule has 10 heteroatoms. The summed E-state index contributed by atoms with van der Waals surface area (Å²) in [5, 5.41) is 4.44. The van der Waals surface area contributed by atoms with Crippen LogP contribution in [0.5, 0.6) is 0 Å². The molecule has 1 aliphatic heterocycles. The lowest BCUT2D eigenvalue weighted by Crippen LogP contribution is -2.43. The van der Waals surface area contributed by atoms with Crippen LogP contribution >= 0.6 is 23.8 Å². The zero-order valence-corrected chi connectivity index (χ0v) is 21.8. The number of ether oxygens (including phenoxy) is 1. The molecule has 0 unspecified atom stereocenters. The van der Waals surface area contributed by atoms with Gasteiger partial charge in [-0.3, -0.25) is 0 Å². The van der Waals surface area contributed by atoms with E-state index in [9.17, 15) is 8.42 Å². The maximum Gasteiger partial charge on any atom is 0.228 e. The highest BCUT2D eigenvalue weighted by Gasteiger charge is 2.27. The van der Waals surface area contributed by atoms with Crippen LogP contribution in [0.25, 0.3) is 0 Å². The van der Waals surface area contributed by atoms with Gasteiger partial charge in [-0.25, -0.2) is 13.4 Å². The first kappa shape index (κ1) is 25.9. The van der Waals surface area contributed by atoms with E-state index in [1.54, 1.807) is 30.5 Å². The van der Waals surface area contributed by atoms with E-state index < -0.39 is 9.84 Å². The van der Waals surface area contributed by atoms with Gasteiger partial charge in [0.05, 0.1) is 30.3 Å². The molecule has 1 saturated heterocycles. The second-order valence-electron chi connectivity index (χ2n) is 8.78. The van der Waals surface area contributed by atoms with Gasteiger partial charge in [-0.2, -0.15) is 0 Å². The van der Waals surface area contributed by atoms with E-state index >= 15 is 0 Å². The number of hydrogen-bond acceptors (Lipinski definition) is 5. The molecular weight excluding hydrogens is 480 g/mol. The fourth-order valence-corrected chi connectivity index (χ4v) is 5.93. The van der Waals surface area contributed by atoms with E-state index in [0.717, 1.165) is 25.1 Å². The Morgan fingerprint density at radius 2 is 2.21 bits per heavy atom. The third kappa shape index (κ3) is 7.15. The molecule has 0 bridgehead atoms. The standard InChI is InChI=1S/C23H33ClN4O3S2/c1-4-25-22(32)27(15-21-9-6-10-31-21)14-20-12-26-23(28(20)13-17(2)3)33(29,30)16-18-7-5-8-19(24)11-18/h5,7-8,11-12,17,21H,4,6,9-10,13-16H2,1-3H3,(H,25,32)/t21-/m0/s1. The van der Waals surface area contributed by atoms with Crippen LogP contribution in [0.3, 0.4) is 0 Å². The van der Waals surface area contributed by atoms with E-state index in [-0.39, 0.29) is 22.9 Å². The normalized spacial score (nSPS) is 16.3. The van der Waals surface area contributed by atoms with Gasteiger partial charge in [0.2, 0.25) is 15.0 Å². The number of rotatable bonds is 10. The van der Waals surface area contributed by atoms with Crippen molar-refractivity contribution in [2.75, 3.05) is 19.7 Å². The van der Waals surface area contributed by atoms with Gasteiger partial charge in [0.25, 0.3) is 0 Å². The zero-order valence-electron chi connectivity index (χ0n) is 19.5. The second-order valence-corrected chi connectivity index (χ2v) is 11.5. The molecule has 0 aliphatic carbocycles. The number of nitrogens with one attached hydrogen (secondary N) is 1. The van der Waals surface area contributed by atoms with Gasteiger partial charge in [-0.05, 0) is 55.6 Å². The number of nitrogens with zero attached hydrogens (tertiary/aromatic N) is 3. The first-order chi connectivity index (χ1) is 15.7. The second kappa shape index (κ2) is 11.6. The maximum absolute atomic E-state index is 13.3. The fourth-order valence-electron chi connectivity index (χ4n) is 3.95. The molecule has 2 aromatic rings. The van der Waals surface area contributed by atoms with Crippen molar-refractivity contribution in [2.24, 2.45) is 5.92 Å². The maximum atomic E-state index is 13.3. The molecule has 3 rings (SSSR count). The highest BCUT2D eigenvalue weighted by atomic mass is 35.5. The summed E-state index contributed by atoms with van der Waals surface area (Å²) in [6, 6.07) is 6.92. The van der Waals surface area contributed by atoms with Gasteiger partial charge < -0.3 is 19.5 Å². The molecule has 7 nitrogen and oxygen atoms in total. The van der Waals surface area contributed by atoms with Crippen LogP contribution in [0, 0.1) is 5.92 Å². The Morgan fingerprint density at radius 1 is 1.42 bits per heavy atom. The third-order valence-electron chi connectivity index (χ3n) is 5.39. The molecule has 0 amide bonds. The third-order valence-corrected chi connectivity index (χ3v) is 7.62. The zero-order chi connectivity index (χ0) is 24.0. The highest BCUT2D eigenvalue weighted by Crippen LogP contribution is 2.22. The molecular formula is C23H33ClN4O3S2. The summed E-state index contributed by atoms with van der Waals surface area (Å²) < 4.78 is 34.3. The average Bonchev–Trinajstić information content (AvgIpc) is 3.37. The monoisotopic (exact) mass is 512 g/mol. The topological polar surface area (TPSA) is 76.5 Å². The Kier molecular flexibility index (Phi) is 9.15. The highest BCUT2D eigenvalue weighted by molar-refractivity contribution is 7.90. The molecule has 1 N–H and O–H groups in total. The van der Waals surface area contributed by atoms with E-state index in [2.05, 4.69) is 29.0 Å². The van der Waals surface area contributed by atoms with Crippen LogP contribution < -0.4 is 5.32 Å². The van der Waals surface area contributed by atoms with Gasteiger partial charge in [0.1, 0.15) is 0 Å². The van der Waals surface area contributed by atoms with E-state index in [4.69, 9.17) is 28.6 Å². The Balaban J connectivity index is 1.90. The number of hydrogen-bond donors (Lipinski definition) is 1. The molecule has 2 heterocycles. The quantitative estimate of drug-likeness (QED) is 0.481. The summed E-state index contributed by atoms with van der Waals surface area (Å²) in [5.74, 6) is 0.0859. The van der Waals surface area contributed by atoms with Gasteiger partial charge in [0.15, 0.2) is 5.11 Å². The molecule has 0 spiro atoms. The van der Waals surface area contributed by atoms with Crippen molar-refractivity contribution in [3.05, 3.63) is 46.7 Å². The molecule has 33 heavy (non-hydrogen) atoms. The summed E-state index contributed by atoms with van der Waals surface area (Å²) >= 11 is 11.7. The molecule has 1 atom stereocenters. The van der Waals surface area contributed by atoms with Crippen LogP contribution in [0.2, 0.25) is 5.02 Å². The van der Waals surface area contributed by atoms with Crippen molar-refractivity contribution in [3.63, 3.8) is 0 Å². The van der Waals surface area contributed by atoms with Gasteiger partial charge in [-0.1, -0.05) is 37.6 Å². The number of sulfone groups is 1. The number of thiocarbonyl (C=S) groups is 1. The Bertz CT molecular complexity index is 1050. The summed E-state index contributed by atoms with van der Waals surface area (Å²) in [6.07, 6.45) is 3.82. The molecule has 0 radical (unpaired) electrons. The minimum absolute atomic E-state index is 0.0811.